The number of pyridine rings is 1. The maximum Gasteiger partial charge on any atom is 0.0716 e. The number of nitrogens with zero attached hydrogens (tertiary/aromatic N) is 2. The standard InChI is InChI=1S/C15H17ClN2O/c1-2-18(10-12-6-3-4-9-17-12)15-8-5-7-14(16)13(15)11-19/h3-9,19H,2,10-11H2,1H3. The van der Waals surface area contributed by atoms with Crippen LogP contribution in [0.2, 0.25) is 5.02 Å². The Morgan fingerprint density at radius 1 is 1.21 bits per heavy atom. The second-order valence-electron chi connectivity index (χ2n) is 4.23. The molecule has 0 amide bonds. The highest BCUT2D eigenvalue weighted by Crippen LogP contribution is 2.28. The number of anilines is 1. The van der Waals surface area contributed by atoms with Crippen LogP contribution in [0.4, 0.5) is 5.69 Å². The van der Waals surface area contributed by atoms with Crippen LogP contribution in [-0.2, 0) is 13.2 Å². The Balaban J connectivity index is 2.30. The molecule has 0 unspecified atom stereocenters. The Morgan fingerprint density at radius 3 is 2.68 bits per heavy atom. The molecule has 0 saturated heterocycles. The van der Waals surface area contributed by atoms with Crippen molar-refractivity contribution in [3.63, 3.8) is 0 Å². The van der Waals surface area contributed by atoms with E-state index in [4.69, 9.17) is 11.6 Å². The van der Waals surface area contributed by atoms with Gasteiger partial charge in [0.05, 0.1) is 18.8 Å². The van der Waals surface area contributed by atoms with Crippen molar-refractivity contribution in [1.82, 2.24) is 4.98 Å². The van der Waals surface area contributed by atoms with Gasteiger partial charge in [-0.1, -0.05) is 23.7 Å². The summed E-state index contributed by atoms with van der Waals surface area (Å²) in [7, 11) is 0. The molecule has 0 atom stereocenters. The quantitative estimate of drug-likeness (QED) is 0.911. The summed E-state index contributed by atoms with van der Waals surface area (Å²) in [5.74, 6) is 0. The molecule has 0 aliphatic heterocycles. The lowest BCUT2D eigenvalue weighted by Gasteiger charge is -2.25. The fourth-order valence-electron chi connectivity index (χ4n) is 2.05. The van der Waals surface area contributed by atoms with E-state index >= 15 is 0 Å². The number of aliphatic hydroxyl groups is 1. The van der Waals surface area contributed by atoms with E-state index < -0.39 is 0 Å². The molecule has 3 nitrogen and oxygen atoms in total. The van der Waals surface area contributed by atoms with Crippen molar-refractivity contribution in [3.8, 4) is 0 Å². The Hall–Kier alpha value is -1.58. The zero-order chi connectivity index (χ0) is 13.7. The first-order chi connectivity index (χ1) is 9.26. The molecule has 100 valence electrons. The Bertz CT molecular complexity index is 531. The lowest BCUT2D eigenvalue weighted by Crippen LogP contribution is -2.24. The molecular weight excluding hydrogens is 260 g/mol. The van der Waals surface area contributed by atoms with E-state index in [2.05, 4.69) is 16.8 Å². The molecule has 1 heterocycles. The van der Waals surface area contributed by atoms with E-state index in [1.54, 1.807) is 12.3 Å². The van der Waals surface area contributed by atoms with Gasteiger partial charge >= 0.3 is 0 Å². The van der Waals surface area contributed by atoms with Crippen LogP contribution in [0.5, 0.6) is 0 Å². The summed E-state index contributed by atoms with van der Waals surface area (Å²) in [6.45, 7) is 3.54. The van der Waals surface area contributed by atoms with Crippen molar-refractivity contribution < 1.29 is 5.11 Å². The van der Waals surface area contributed by atoms with Crippen molar-refractivity contribution in [2.75, 3.05) is 11.4 Å². The average molecular weight is 277 g/mol. The van der Waals surface area contributed by atoms with E-state index in [1.807, 2.05) is 30.3 Å². The molecule has 0 radical (unpaired) electrons. The summed E-state index contributed by atoms with van der Waals surface area (Å²) in [5, 5.41) is 10.1. The lowest BCUT2D eigenvalue weighted by atomic mass is 10.1. The zero-order valence-electron chi connectivity index (χ0n) is 10.9. The molecule has 19 heavy (non-hydrogen) atoms. The Kier molecular flexibility index (Phi) is 4.77. The van der Waals surface area contributed by atoms with Crippen LogP contribution in [0.15, 0.2) is 42.6 Å². The summed E-state index contributed by atoms with van der Waals surface area (Å²) in [6.07, 6.45) is 1.79. The second-order valence-corrected chi connectivity index (χ2v) is 4.64. The first-order valence-electron chi connectivity index (χ1n) is 6.29. The van der Waals surface area contributed by atoms with Crippen LogP contribution in [0, 0.1) is 0 Å². The molecule has 0 fully saturated rings. The summed E-state index contributed by atoms with van der Waals surface area (Å²) in [4.78, 5) is 6.49. The first kappa shape index (κ1) is 13.8. The van der Waals surface area contributed by atoms with Gasteiger partial charge in [-0.05, 0) is 31.2 Å². The van der Waals surface area contributed by atoms with E-state index in [0.717, 1.165) is 23.5 Å². The Labute approximate surface area is 118 Å². The van der Waals surface area contributed by atoms with Crippen molar-refractivity contribution in [2.24, 2.45) is 0 Å². The highest BCUT2D eigenvalue weighted by Gasteiger charge is 2.12. The van der Waals surface area contributed by atoms with Gasteiger partial charge < -0.3 is 10.0 Å². The molecule has 0 aliphatic carbocycles. The molecule has 1 aromatic carbocycles. The van der Waals surface area contributed by atoms with Gasteiger partial charge in [0.1, 0.15) is 0 Å². The molecule has 4 heteroatoms. The predicted octanol–water partition coefficient (Wildman–Crippen LogP) is 3.25. The first-order valence-corrected chi connectivity index (χ1v) is 6.67. The monoisotopic (exact) mass is 276 g/mol. The summed E-state index contributed by atoms with van der Waals surface area (Å²) < 4.78 is 0. The van der Waals surface area contributed by atoms with Crippen molar-refractivity contribution >= 4 is 17.3 Å². The van der Waals surface area contributed by atoms with E-state index in [0.29, 0.717) is 11.6 Å². The third-order valence-electron chi connectivity index (χ3n) is 3.05. The highest BCUT2D eigenvalue weighted by molar-refractivity contribution is 6.31. The number of hydrogen-bond donors (Lipinski definition) is 1. The summed E-state index contributed by atoms with van der Waals surface area (Å²) >= 11 is 6.13. The molecular formula is C15H17ClN2O. The van der Waals surface area contributed by atoms with Gasteiger partial charge in [-0.25, -0.2) is 0 Å². The largest absolute Gasteiger partial charge is 0.392 e. The van der Waals surface area contributed by atoms with Gasteiger partial charge in [-0.3, -0.25) is 4.98 Å². The van der Waals surface area contributed by atoms with Crippen molar-refractivity contribution in [3.05, 3.63) is 58.9 Å². The Morgan fingerprint density at radius 2 is 2.05 bits per heavy atom. The van der Waals surface area contributed by atoms with Crippen molar-refractivity contribution in [1.29, 1.82) is 0 Å². The van der Waals surface area contributed by atoms with Crippen molar-refractivity contribution in [2.45, 2.75) is 20.1 Å². The third kappa shape index (κ3) is 3.25. The van der Waals surface area contributed by atoms with Crippen LogP contribution in [0.3, 0.4) is 0 Å². The lowest BCUT2D eigenvalue weighted by molar-refractivity contribution is 0.282. The van der Waals surface area contributed by atoms with E-state index in [9.17, 15) is 5.11 Å². The third-order valence-corrected chi connectivity index (χ3v) is 3.41. The highest BCUT2D eigenvalue weighted by atomic mass is 35.5. The SMILES string of the molecule is CCN(Cc1ccccn1)c1cccc(Cl)c1CO. The van der Waals surface area contributed by atoms with Gasteiger partial charge in [-0.2, -0.15) is 0 Å². The minimum Gasteiger partial charge on any atom is -0.392 e. The van der Waals surface area contributed by atoms with Gasteiger partial charge in [0.15, 0.2) is 0 Å². The van der Waals surface area contributed by atoms with Crippen LogP contribution in [0.25, 0.3) is 0 Å². The smallest absolute Gasteiger partial charge is 0.0716 e. The zero-order valence-corrected chi connectivity index (χ0v) is 11.6. The molecule has 1 N–H and O–H groups in total. The molecule has 0 spiro atoms. The fourth-order valence-corrected chi connectivity index (χ4v) is 2.28. The predicted molar refractivity (Wildman–Crippen MR) is 78.3 cm³/mol. The van der Waals surface area contributed by atoms with Gasteiger partial charge in [-0.15, -0.1) is 0 Å². The molecule has 0 aliphatic rings. The fraction of sp³-hybridized carbons (Fsp3) is 0.267. The maximum absolute atomic E-state index is 9.48. The molecule has 1 aromatic heterocycles. The molecule has 0 bridgehead atoms. The maximum atomic E-state index is 9.48. The normalized spacial score (nSPS) is 10.5. The van der Waals surface area contributed by atoms with Gasteiger partial charge in [0, 0.05) is 29.0 Å². The number of aromatic nitrogens is 1. The van der Waals surface area contributed by atoms with Crippen LogP contribution >= 0.6 is 11.6 Å². The van der Waals surface area contributed by atoms with Crippen LogP contribution < -0.4 is 4.90 Å². The number of hydrogen-bond acceptors (Lipinski definition) is 3. The number of rotatable bonds is 5. The van der Waals surface area contributed by atoms with E-state index in [-0.39, 0.29) is 6.61 Å². The topological polar surface area (TPSA) is 36.4 Å². The van der Waals surface area contributed by atoms with Gasteiger partial charge in [0.2, 0.25) is 0 Å². The van der Waals surface area contributed by atoms with E-state index in [1.165, 1.54) is 0 Å². The number of halogens is 1. The molecule has 0 saturated carbocycles. The number of aliphatic hydroxyl groups excluding tert-OH is 1. The minimum atomic E-state index is -0.0618. The molecule has 2 aromatic rings. The summed E-state index contributed by atoms with van der Waals surface area (Å²) in [6, 6.07) is 11.5. The van der Waals surface area contributed by atoms with Gasteiger partial charge in [0.25, 0.3) is 0 Å². The average Bonchev–Trinajstić information content (AvgIpc) is 2.45. The number of benzene rings is 1. The van der Waals surface area contributed by atoms with Crippen LogP contribution in [0.1, 0.15) is 18.2 Å². The minimum absolute atomic E-state index is 0.0618. The molecule has 2 rings (SSSR count). The summed E-state index contributed by atoms with van der Waals surface area (Å²) in [5.41, 5.74) is 2.72. The van der Waals surface area contributed by atoms with Crippen LogP contribution in [-0.4, -0.2) is 16.6 Å². The second kappa shape index (κ2) is 6.55.